The van der Waals surface area contributed by atoms with Crippen molar-refractivity contribution in [3.05, 3.63) is 48.0 Å². The van der Waals surface area contributed by atoms with E-state index in [1.165, 1.54) is 29.1 Å². The van der Waals surface area contributed by atoms with Gasteiger partial charge in [-0.1, -0.05) is 24.3 Å². The lowest BCUT2D eigenvalue weighted by Gasteiger charge is -2.25. The molecule has 2 fully saturated rings. The van der Waals surface area contributed by atoms with E-state index in [-0.39, 0.29) is 11.9 Å². The van der Waals surface area contributed by atoms with Gasteiger partial charge in [0.15, 0.2) is 5.96 Å². The molecule has 0 atom stereocenters. The molecule has 3 N–H and O–H groups in total. The number of aliphatic imine (C=N–C) groups is 1. The molecule has 1 aliphatic heterocycles. The van der Waals surface area contributed by atoms with Crippen LogP contribution in [-0.2, 0) is 4.74 Å². The Morgan fingerprint density at radius 2 is 1.83 bits per heavy atom. The summed E-state index contributed by atoms with van der Waals surface area (Å²) >= 11 is 0. The largest absolute Gasteiger partial charge is 0.381 e. The Kier molecular flexibility index (Phi) is 4.72. The second-order valence-electron chi connectivity index (χ2n) is 8.09. The molecule has 3 aromatic rings. The van der Waals surface area contributed by atoms with Gasteiger partial charge in [-0.05, 0) is 49.8 Å². The average molecular weight is 390 g/mol. The number of ether oxygens (including phenoxy) is 1. The molecule has 5 rings (SSSR count). The number of hydrogen-bond acceptors (Lipinski definition) is 3. The van der Waals surface area contributed by atoms with E-state index in [0.29, 0.717) is 24.1 Å². The molecule has 2 heterocycles. The van der Waals surface area contributed by atoms with Crippen molar-refractivity contribution in [3.63, 3.8) is 0 Å². The van der Waals surface area contributed by atoms with Gasteiger partial charge in [0.1, 0.15) is 0 Å². The number of benzene rings is 2. The molecular weight excluding hydrogens is 364 g/mol. The monoisotopic (exact) mass is 390 g/mol. The SMILES string of the molecule is NC(=NCC1CC1)NC(=O)c1ccc2c3ccccc3n(C3CCOCC3)c2c1. The summed E-state index contributed by atoms with van der Waals surface area (Å²) in [6, 6.07) is 14.7. The number of carbonyl (C=O) groups excluding carboxylic acids is 1. The van der Waals surface area contributed by atoms with Crippen LogP contribution < -0.4 is 11.1 Å². The molecule has 0 radical (unpaired) electrons. The molecule has 1 aliphatic carbocycles. The lowest BCUT2D eigenvalue weighted by molar-refractivity contribution is 0.0717. The highest BCUT2D eigenvalue weighted by Crippen LogP contribution is 2.35. The fourth-order valence-corrected chi connectivity index (χ4v) is 4.23. The van der Waals surface area contributed by atoms with Crippen LogP contribution in [0, 0.1) is 5.92 Å². The molecule has 2 aromatic carbocycles. The van der Waals surface area contributed by atoms with Gasteiger partial charge in [0.2, 0.25) is 0 Å². The predicted octanol–water partition coefficient (Wildman–Crippen LogP) is 3.60. The van der Waals surface area contributed by atoms with Gasteiger partial charge in [-0.25, -0.2) is 0 Å². The Bertz CT molecular complexity index is 1090. The minimum absolute atomic E-state index is 0.201. The van der Waals surface area contributed by atoms with E-state index >= 15 is 0 Å². The van der Waals surface area contributed by atoms with Crippen LogP contribution in [0.4, 0.5) is 0 Å². The lowest BCUT2D eigenvalue weighted by atomic mass is 10.1. The number of rotatable bonds is 4. The number of para-hydroxylation sites is 1. The Morgan fingerprint density at radius 1 is 1.07 bits per heavy atom. The van der Waals surface area contributed by atoms with E-state index in [2.05, 4.69) is 39.1 Å². The van der Waals surface area contributed by atoms with Crippen molar-refractivity contribution in [3.8, 4) is 0 Å². The van der Waals surface area contributed by atoms with Gasteiger partial charge < -0.3 is 15.0 Å². The first-order valence-corrected chi connectivity index (χ1v) is 10.4. The molecule has 1 saturated heterocycles. The molecule has 6 nitrogen and oxygen atoms in total. The number of amides is 1. The van der Waals surface area contributed by atoms with Gasteiger partial charge in [0.05, 0.1) is 5.52 Å². The first-order valence-electron chi connectivity index (χ1n) is 10.4. The summed E-state index contributed by atoms with van der Waals surface area (Å²) in [7, 11) is 0. The summed E-state index contributed by atoms with van der Waals surface area (Å²) in [4.78, 5) is 17.0. The minimum Gasteiger partial charge on any atom is -0.381 e. The van der Waals surface area contributed by atoms with Gasteiger partial charge >= 0.3 is 0 Å². The maximum absolute atomic E-state index is 12.8. The number of nitrogens with one attached hydrogen (secondary N) is 1. The highest BCUT2D eigenvalue weighted by atomic mass is 16.5. The van der Waals surface area contributed by atoms with Crippen molar-refractivity contribution >= 4 is 33.7 Å². The predicted molar refractivity (Wildman–Crippen MR) is 115 cm³/mol. The second-order valence-corrected chi connectivity index (χ2v) is 8.09. The van der Waals surface area contributed by atoms with Crippen molar-refractivity contribution in [1.82, 2.24) is 9.88 Å². The smallest absolute Gasteiger partial charge is 0.258 e. The molecule has 1 amide bonds. The Balaban J connectivity index is 1.52. The van der Waals surface area contributed by atoms with Crippen LogP contribution in [0.3, 0.4) is 0 Å². The van der Waals surface area contributed by atoms with E-state index < -0.39 is 0 Å². The number of carbonyl (C=O) groups is 1. The van der Waals surface area contributed by atoms with Crippen molar-refractivity contribution in [2.75, 3.05) is 19.8 Å². The summed E-state index contributed by atoms with van der Waals surface area (Å²) in [6.07, 6.45) is 4.37. The van der Waals surface area contributed by atoms with Crippen LogP contribution in [0.2, 0.25) is 0 Å². The fourth-order valence-electron chi connectivity index (χ4n) is 4.23. The van der Waals surface area contributed by atoms with E-state index in [1.54, 1.807) is 0 Å². The first-order chi connectivity index (χ1) is 14.2. The average Bonchev–Trinajstić information content (AvgIpc) is 3.53. The number of fused-ring (bicyclic) bond motifs is 3. The van der Waals surface area contributed by atoms with Gasteiger partial charge in [-0.2, -0.15) is 0 Å². The summed E-state index contributed by atoms with van der Waals surface area (Å²) in [5.41, 5.74) is 8.79. The zero-order valence-corrected chi connectivity index (χ0v) is 16.4. The first kappa shape index (κ1) is 18.2. The van der Waals surface area contributed by atoms with Crippen molar-refractivity contribution in [1.29, 1.82) is 0 Å². The van der Waals surface area contributed by atoms with Crippen LogP contribution in [0.15, 0.2) is 47.5 Å². The third-order valence-corrected chi connectivity index (χ3v) is 5.99. The number of hydrogen-bond donors (Lipinski definition) is 2. The maximum Gasteiger partial charge on any atom is 0.258 e. The van der Waals surface area contributed by atoms with Crippen molar-refractivity contribution in [2.24, 2.45) is 16.6 Å². The number of nitrogens with zero attached hydrogens (tertiary/aromatic N) is 2. The van der Waals surface area contributed by atoms with Crippen LogP contribution in [0.1, 0.15) is 42.1 Å². The second kappa shape index (κ2) is 7.52. The molecule has 0 bridgehead atoms. The van der Waals surface area contributed by atoms with Crippen LogP contribution in [-0.4, -0.2) is 36.2 Å². The van der Waals surface area contributed by atoms with Crippen molar-refractivity contribution < 1.29 is 9.53 Å². The zero-order valence-electron chi connectivity index (χ0n) is 16.4. The Labute approximate surface area is 169 Å². The normalized spacial score (nSPS) is 18.4. The molecule has 6 heteroatoms. The zero-order chi connectivity index (χ0) is 19.8. The summed E-state index contributed by atoms with van der Waals surface area (Å²) in [5.74, 6) is 0.622. The standard InChI is InChI=1S/C23H26N4O2/c24-23(25-14-15-5-6-15)26-22(28)16-7-8-19-18-3-1-2-4-20(18)27(21(19)13-16)17-9-11-29-12-10-17/h1-4,7-8,13,15,17H,5-6,9-12,14H2,(H3,24,25,26,28). The maximum atomic E-state index is 12.8. The third-order valence-electron chi connectivity index (χ3n) is 5.99. The highest BCUT2D eigenvalue weighted by Gasteiger charge is 2.22. The molecule has 150 valence electrons. The molecular formula is C23H26N4O2. The molecule has 1 aromatic heterocycles. The summed E-state index contributed by atoms with van der Waals surface area (Å²) in [5, 5.41) is 5.12. The quantitative estimate of drug-likeness (QED) is 0.527. The van der Waals surface area contributed by atoms with Gasteiger partial charge in [0.25, 0.3) is 5.91 Å². The Morgan fingerprint density at radius 3 is 2.62 bits per heavy atom. The molecule has 0 unspecified atom stereocenters. The van der Waals surface area contributed by atoms with Crippen molar-refractivity contribution in [2.45, 2.75) is 31.7 Å². The summed E-state index contributed by atoms with van der Waals surface area (Å²) in [6.45, 7) is 2.24. The number of guanidine groups is 1. The van der Waals surface area contributed by atoms with E-state index in [9.17, 15) is 4.79 Å². The fraction of sp³-hybridized carbons (Fsp3) is 0.391. The summed E-state index contributed by atoms with van der Waals surface area (Å²) < 4.78 is 7.95. The topological polar surface area (TPSA) is 81.6 Å². The van der Waals surface area contributed by atoms with Crippen LogP contribution >= 0.6 is 0 Å². The van der Waals surface area contributed by atoms with Gasteiger partial charge in [0, 0.05) is 47.7 Å². The molecule has 1 saturated carbocycles. The van der Waals surface area contributed by atoms with Crippen LogP contribution in [0.5, 0.6) is 0 Å². The van der Waals surface area contributed by atoms with E-state index in [4.69, 9.17) is 10.5 Å². The highest BCUT2D eigenvalue weighted by molar-refractivity contribution is 6.12. The van der Waals surface area contributed by atoms with Gasteiger partial charge in [-0.15, -0.1) is 0 Å². The number of nitrogens with two attached hydrogens (primary N) is 1. The molecule has 29 heavy (non-hydrogen) atoms. The van der Waals surface area contributed by atoms with E-state index in [0.717, 1.165) is 31.6 Å². The molecule has 2 aliphatic rings. The minimum atomic E-state index is -0.215. The molecule has 0 spiro atoms. The van der Waals surface area contributed by atoms with Gasteiger partial charge in [-0.3, -0.25) is 15.1 Å². The number of aromatic nitrogens is 1. The Hall–Kier alpha value is -2.86. The van der Waals surface area contributed by atoms with Crippen LogP contribution in [0.25, 0.3) is 21.8 Å². The van der Waals surface area contributed by atoms with E-state index in [1.807, 2.05) is 18.2 Å². The lowest BCUT2D eigenvalue weighted by Crippen LogP contribution is -2.37. The third kappa shape index (κ3) is 3.60.